The van der Waals surface area contributed by atoms with Crippen molar-refractivity contribution in [3.8, 4) is 0 Å². The Balaban J connectivity index is 1.74. The summed E-state index contributed by atoms with van der Waals surface area (Å²) in [5.74, 6) is 0.571. The van der Waals surface area contributed by atoms with Crippen LogP contribution in [0.15, 0.2) is 30.3 Å². The zero-order chi connectivity index (χ0) is 17.6. The molecule has 134 valence electrons. The molecular formula is C19H29NO3S. The summed E-state index contributed by atoms with van der Waals surface area (Å²) in [6.07, 6.45) is 3.46. The van der Waals surface area contributed by atoms with Gasteiger partial charge in [-0.2, -0.15) is 0 Å². The SMILES string of the molecule is CC(C)CS(=O)(=O)C1CCN(C(=O)CCCc2ccccc2)CC1. The Labute approximate surface area is 146 Å². The molecule has 24 heavy (non-hydrogen) atoms. The van der Waals surface area contributed by atoms with Crippen molar-refractivity contribution in [1.29, 1.82) is 0 Å². The Bertz CT molecular complexity index is 617. The summed E-state index contributed by atoms with van der Waals surface area (Å²) in [5, 5.41) is -0.270. The molecule has 1 aromatic carbocycles. The van der Waals surface area contributed by atoms with E-state index in [1.165, 1.54) is 5.56 Å². The van der Waals surface area contributed by atoms with Crippen LogP contribution in [0.5, 0.6) is 0 Å². The minimum absolute atomic E-state index is 0.158. The molecule has 0 aliphatic carbocycles. The smallest absolute Gasteiger partial charge is 0.222 e. The van der Waals surface area contributed by atoms with E-state index in [1.807, 2.05) is 36.9 Å². The molecule has 2 rings (SSSR count). The van der Waals surface area contributed by atoms with E-state index >= 15 is 0 Å². The summed E-state index contributed by atoms with van der Waals surface area (Å²) >= 11 is 0. The van der Waals surface area contributed by atoms with Crippen molar-refractivity contribution < 1.29 is 13.2 Å². The van der Waals surface area contributed by atoms with Crippen LogP contribution in [-0.2, 0) is 21.1 Å². The highest BCUT2D eigenvalue weighted by molar-refractivity contribution is 7.92. The standard InChI is InChI=1S/C19H29NO3S/c1-16(2)15-24(22,23)18-11-13-20(14-12-18)19(21)10-6-9-17-7-4-3-5-8-17/h3-5,7-8,16,18H,6,9-15H2,1-2H3. The Hall–Kier alpha value is -1.36. The molecule has 1 saturated heterocycles. The van der Waals surface area contributed by atoms with Crippen molar-refractivity contribution in [3.05, 3.63) is 35.9 Å². The van der Waals surface area contributed by atoms with Crippen molar-refractivity contribution in [2.75, 3.05) is 18.8 Å². The highest BCUT2D eigenvalue weighted by Crippen LogP contribution is 2.21. The van der Waals surface area contributed by atoms with E-state index in [0.29, 0.717) is 32.4 Å². The van der Waals surface area contributed by atoms with Crippen LogP contribution in [0, 0.1) is 5.92 Å². The second-order valence-electron chi connectivity index (χ2n) is 7.14. The van der Waals surface area contributed by atoms with Gasteiger partial charge in [-0.05, 0) is 37.2 Å². The predicted octanol–water partition coefficient (Wildman–Crippen LogP) is 3.07. The van der Waals surface area contributed by atoms with E-state index < -0.39 is 9.84 Å². The van der Waals surface area contributed by atoms with E-state index in [2.05, 4.69) is 12.1 Å². The van der Waals surface area contributed by atoms with Gasteiger partial charge >= 0.3 is 0 Å². The number of carbonyl (C=O) groups excluding carboxylic acids is 1. The summed E-state index contributed by atoms with van der Waals surface area (Å²) in [4.78, 5) is 14.1. The Kier molecular flexibility index (Phi) is 6.84. The van der Waals surface area contributed by atoms with Crippen molar-refractivity contribution >= 4 is 15.7 Å². The number of benzene rings is 1. The number of likely N-dealkylation sites (tertiary alicyclic amines) is 1. The second-order valence-corrected chi connectivity index (χ2v) is 9.47. The zero-order valence-corrected chi connectivity index (χ0v) is 15.6. The maximum absolute atomic E-state index is 12.3. The highest BCUT2D eigenvalue weighted by Gasteiger charge is 2.31. The van der Waals surface area contributed by atoms with Crippen molar-refractivity contribution in [2.24, 2.45) is 5.92 Å². The van der Waals surface area contributed by atoms with Gasteiger partial charge < -0.3 is 4.90 Å². The van der Waals surface area contributed by atoms with E-state index in [0.717, 1.165) is 12.8 Å². The van der Waals surface area contributed by atoms with Gasteiger partial charge in [-0.15, -0.1) is 0 Å². The molecule has 0 radical (unpaired) electrons. The van der Waals surface area contributed by atoms with E-state index in [4.69, 9.17) is 0 Å². The molecule has 5 heteroatoms. The lowest BCUT2D eigenvalue weighted by Gasteiger charge is -2.32. The molecule has 1 aliphatic rings. The summed E-state index contributed by atoms with van der Waals surface area (Å²) in [6, 6.07) is 10.2. The molecule has 1 aliphatic heterocycles. The van der Waals surface area contributed by atoms with Gasteiger partial charge in [0.05, 0.1) is 11.0 Å². The molecule has 0 atom stereocenters. The van der Waals surface area contributed by atoms with Gasteiger partial charge in [-0.25, -0.2) is 8.42 Å². The van der Waals surface area contributed by atoms with Crippen LogP contribution >= 0.6 is 0 Å². The third-order valence-corrected chi connectivity index (χ3v) is 7.19. The summed E-state index contributed by atoms with van der Waals surface area (Å²) < 4.78 is 24.6. The molecule has 1 fully saturated rings. The fourth-order valence-corrected chi connectivity index (χ4v) is 5.44. The first kappa shape index (κ1) is 19.0. The van der Waals surface area contributed by atoms with Crippen LogP contribution in [0.4, 0.5) is 0 Å². The minimum Gasteiger partial charge on any atom is -0.343 e. The van der Waals surface area contributed by atoms with Crippen molar-refractivity contribution in [1.82, 2.24) is 4.90 Å². The zero-order valence-electron chi connectivity index (χ0n) is 14.8. The lowest BCUT2D eigenvalue weighted by molar-refractivity contribution is -0.132. The third-order valence-electron chi connectivity index (χ3n) is 4.57. The first-order valence-corrected chi connectivity index (χ1v) is 10.6. The number of piperidine rings is 1. The minimum atomic E-state index is -3.02. The van der Waals surface area contributed by atoms with Crippen LogP contribution in [0.3, 0.4) is 0 Å². The molecule has 1 heterocycles. The van der Waals surface area contributed by atoms with Gasteiger partial charge in [-0.1, -0.05) is 44.2 Å². The molecule has 0 aromatic heterocycles. The van der Waals surface area contributed by atoms with Crippen molar-refractivity contribution in [2.45, 2.75) is 51.2 Å². The maximum atomic E-state index is 12.3. The predicted molar refractivity (Wildman–Crippen MR) is 97.6 cm³/mol. The molecule has 1 amide bonds. The molecule has 0 spiro atoms. The summed E-state index contributed by atoms with van der Waals surface area (Å²) in [5.41, 5.74) is 1.25. The van der Waals surface area contributed by atoms with Gasteiger partial charge in [0, 0.05) is 19.5 Å². The Morgan fingerprint density at radius 1 is 1.17 bits per heavy atom. The molecular weight excluding hydrogens is 322 g/mol. The first-order chi connectivity index (χ1) is 11.4. The summed E-state index contributed by atoms with van der Waals surface area (Å²) in [6.45, 7) is 5.02. The van der Waals surface area contributed by atoms with Crippen LogP contribution in [0.1, 0.15) is 45.1 Å². The molecule has 0 N–H and O–H groups in total. The van der Waals surface area contributed by atoms with Gasteiger partial charge in [0.2, 0.25) is 5.91 Å². The number of aryl methyl sites for hydroxylation is 1. The van der Waals surface area contributed by atoms with E-state index in [9.17, 15) is 13.2 Å². The van der Waals surface area contributed by atoms with E-state index in [1.54, 1.807) is 0 Å². The number of amides is 1. The number of hydrogen-bond donors (Lipinski definition) is 0. The van der Waals surface area contributed by atoms with Gasteiger partial charge in [0.25, 0.3) is 0 Å². The fraction of sp³-hybridized carbons (Fsp3) is 0.632. The van der Waals surface area contributed by atoms with Crippen LogP contribution < -0.4 is 0 Å². The monoisotopic (exact) mass is 351 g/mol. The van der Waals surface area contributed by atoms with Gasteiger partial charge in [0.1, 0.15) is 0 Å². The quantitative estimate of drug-likeness (QED) is 0.758. The average Bonchev–Trinajstić information content (AvgIpc) is 2.55. The average molecular weight is 352 g/mol. The lowest BCUT2D eigenvalue weighted by Crippen LogP contribution is -2.43. The van der Waals surface area contributed by atoms with E-state index in [-0.39, 0.29) is 22.8 Å². The molecule has 0 saturated carbocycles. The number of rotatable bonds is 7. The van der Waals surface area contributed by atoms with Crippen LogP contribution in [-0.4, -0.2) is 43.3 Å². The number of nitrogens with zero attached hydrogens (tertiary/aromatic N) is 1. The number of carbonyl (C=O) groups is 1. The first-order valence-electron chi connectivity index (χ1n) is 8.92. The normalized spacial score (nSPS) is 16.5. The third kappa shape index (κ3) is 5.62. The van der Waals surface area contributed by atoms with Crippen molar-refractivity contribution in [3.63, 3.8) is 0 Å². The fourth-order valence-electron chi connectivity index (χ4n) is 3.31. The summed E-state index contributed by atoms with van der Waals surface area (Å²) in [7, 11) is -3.02. The second kappa shape index (κ2) is 8.65. The molecule has 1 aromatic rings. The van der Waals surface area contributed by atoms with Crippen LogP contribution in [0.2, 0.25) is 0 Å². The maximum Gasteiger partial charge on any atom is 0.222 e. The lowest BCUT2D eigenvalue weighted by atomic mass is 10.1. The molecule has 4 nitrogen and oxygen atoms in total. The topological polar surface area (TPSA) is 54.5 Å². The molecule has 0 bridgehead atoms. The Morgan fingerprint density at radius 2 is 1.79 bits per heavy atom. The Morgan fingerprint density at radius 3 is 2.38 bits per heavy atom. The number of hydrogen-bond acceptors (Lipinski definition) is 3. The highest BCUT2D eigenvalue weighted by atomic mass is 32.2. The van der Waals surface area contributed by atoms with Crippen LogP contribution in [0.25, 0.3) is 0 Å². The van der Waals surface area contributed by atoms with Gasteiger partial charge in [-0.3, -0.25) is 4.79 Å². The van der Waals surface area contributed by atoms with Gasteiger partial charge in [0.15, 0.2) is 9.84 Å². The number of sulfone groups is 1. The largest absolute Gasteiger partial charge is 0.343 e. The molecule has 0 unspecified atom stereocenters.